The number of hydrogen-bond acceptors (Lipinski definition) is 1. The molecule has 0 bridgehead atoms. The number of unbranched alkanes of at least 4 members (excludes halogenated alkanes) is 2. The van der Waals surface area contributed by atoms with Gasteiger partial charge in [0.15, 0.2) is 5.78 Å². The van der Waals surface area contributed by atoms with Crippen molar-refractivity contribution < 1.29 is 4.79 Å². The second-order valence-corrected chi connectivity index (χ2v) is 8.90. The Morgan fingerprint density at radius 3 is 2.07 bits per heavy atom. The minimum absolute atomic E-state index is 0.217. The van der Waals surface area contributed by atoms with Crippen molar-refractivity contribution in [3.63, 3.8) is 0 Å². The molecule has 0 saturated heterocycles. The van der Waals surface area contributed by atoms with Gasteiger partial charge in [0.2, 0.25) is 0 Å². The lowest BCUT2D eigenvalue weighted by atomic mass is 10.0. The normalized spacial score (nSPS) is 16.0. The Hall–Kier alpha value is -1.71. The van der Waals surface area contributed by atoms with Gasteiger partial charge in [0.25, 0.3) is 0 Å². The monoisotopic (exact) mass is 498 g/mol. The second kappa shape index (κ2) is 10.2. The molecule has 3 heteroatoms. The van der Waals surface area contributed by atoms with Crippen LogP contribution in [0.4, 0.5) is 0 Å². The molecule has 0 saturated carbocycles. The van der Waals surface area contributed by atoms with Gasteiger partial charge in [0.1, 0.15) is 0 Å². The third-order valence-electron chi connectivity index (χ3n) is 4.92. The molecule has 1 nitrogen and oxygen atoms in total. The van der Waals surface area contributed by atoms with Crippen LogP contribution in [-0.4, -0.2) is 5.78 Å². The predicted octanol–water partition coefficient (Wildman–Crippen LogP) is 8.16. The van der Waals surface area contributed by atoms with Crippen molar-refractivity contribution in [2.75, 3.05) is 0 Å². The maximum atomic E-state index is 13.1. The highest BCUT2D eigenvalue weighted by Gasteiger charge is 2.25. The molecule has 0 fully saturated rings. The lowest BCUT2D eigenvalue weighted by Crippen LogP contribution is -2.00. The first-order chi connectivity index (χ1) is 13.6. The summed E-state index contributed by atoms with van der Waals surface area (Å²) in [4.78, 5) is 13.1. The first-order valence-electron chi connectivity index (χ1n) is 9.73. The Balaban J connectivity index is 1.84. The van der Waals surface area contributed by atoms with E-state index in [1.165, 1.54) is 0 Å². The lowest BCUT2D eigenvalue weighted by Gasteiger charge is -2.02. The van der Waals surface area contributed by atoms with Crippen LogP contribution < -0.4 is 0 Å². The molecular weight excluding hydrogens is 476 g/mol. The summed E-state index contributed by atoms with van der Waals surface area (Å²) >= 11 is 6.93. The minimum atomic E-state index is 0.217. The van der Waals surface area contributed by atoms with Crippen molar-refractivity contribution in [1.29, 1.82) is 0 Å². The molecule has 3 rings (SSSR count). The molecule has 0 aromatic heterocycles. The number of ketones is 1. The van der Waals surface area contributed by atoms with Gasteiger partial charge in [-0.05, 0) is 59.9 Å². The van der Waals surface area contributed by atoms with E-state index in [9.17, 15) is 4.79 Å². The summed E-state index contributed by atoms with van der Waals surface area (Å²) in [5.41, 5.74) is 5.25. The minimum Gasteiger partial charge on any atom is -0.289 e. The summed E-state index contributed by atoms with van der Waals surface area (Å²) in [6, 6.07) is 16.3. The lowest BCUT2D eigenvalue weighted by molar-refractivity contribution is -0.112. The van der Waals surface area contributed by atoms with Gasteiger partial charge in [-0.3, -0.25) is 4.79 Å². The Labute approximate surface area is 184 Å². The molecule has 28 heavy (non-hydrogen) atoms. The summed E-state index contributed by atoms with van der Waals surface area (Å²) < 4.78 is 2.11. The van der Waals surface area contributed by atoms with Gasteiger partial charge < -0.3 is 0 Å². The molecule has 0 aliphatic heterocycles. The van der Waals surface area contributed by atoms with Crippen LogP contribution in [0.25, 0.3) is 12.2 Å². The van der Waals surface area contributed by atoms with E-state index in [-0.39, 0.29) is 5.78 Å². The summed E-state index contributed by atoms with van der Waals surface area (Å²) in [7, 11) is 0. The zero-order chi connectivity index (χ0) is 19.9. The Bertz CT molecular complexity index is 916. The fourth-order valence-corrected chi connectivity index (χ4v) is 3.89. The van der Waals surface area contributed by atoms with E-state index in [0.29, 0.717) is 6.42 Å². The standard InChI is InChI=1S/C25H24Br2O/c1-2-3-4-5-24-20(11-6-18-7-12-22(26)13-8-18)17-21(25(24)28)16-19-9-14-23(27)15-10-19/h6-16H,2-5,17H2,1H3/b11-6+,21-16+. The molecule has 2 aromatic rings. The fourth-order valence-electron chi connectivity index (χ4n) is 3.36. The smallest absolute Gasteiger partial charge is 0.185 e. The van der Waals surface area contributed by atoms with Crippen LogP contribution in [0, 0.1) is 0 Å². The summed E-state index contributed by atoms with van der Waals surface area (Å²) in [6.07, 6.45) is 11.2. The highest BCUT2D eigenvalue weighted by atomic mass is 79.9. The van der Waals surface area contributed by atoms with Gasteiger partial charge in [0, 0.05) is 26.5 Å². The molecule has 1 aliphatic rings. The number of carbonyl (C=O) groups is 1. The highest BCUT2D eigenvalue weighted by Crippen LogP contribution is 2.34. The van der Waals surface area contributed by atoms with Crippen LogP contribution in [0.15, 0.2) is 80.3 Å². The molecular formula is C25H24Br2O. The van der Waals surface area contributed by atoms with Crippen LogP contribution in [0.2, 0.25) is 0 Å². The molecule has 0 heterocycles. The van der Waals surface area contributed by atoms with E-state index < -0.39 is 0 Å². The van der Waals surface area contributed by atoms with E-state index >= 15 is 0 Å². The van der Waals surface area contributed by atoms with Gasteiger partial charge >= 0.3 is 0 Å². The maximum Gasteiger partial charge on any atom is 0.185 e. The van der Waals surface area contributed by atoms with Gasteiger partial charge in [-0.2, -0.15) is 0 Å². The van der Waals surface area contributed by atoms with E-state index in [0.717, 1.165) is 62.5 Å². The fraction of sp³-hybridized carbons (Fsp3) is 0.240. The Morgan fingerprint density at radius 2 is 1.46 bits per heavy atom. The SMILES string of the molecule is CCCCCC1=C(/C=C/c2ccc(Br)cc2)C/C(=C\c2ccc(Br)cc2)C1=O. The molecule has 144 valence electrons. The average molecular weight is 500 g/mol. The predicted molar refractivity (Wildman–Crippen MR) is 126 cm³/mol. The van der Waals surface area contributed by atoms with Gasteiger partial charge in [-0.1, -0.05) is 88.0 Å². The molecule has 0 radical (unpaired) electrons. The van der Waals surface area contributed by atoms with Crippen molar-refractivity contribution in [1.82, 2.24) is 0 Å². The zero-order valence-corrected chi connectivity index (χ0v) is 19.2. The van der Waals surface area contributed by atoms with Crippen molar-refractivity contribution in [2.45, 2.75) is 39.0 Å². The Morgan fingerprint density at radius 1 is 0.857 bits per heavy atom. The van der Waals surface area contributed by atoms with E-state index in [1.54, 1.807) is 0 Å². The first-order valence-corrected chi connectivity index (χ1v) is 11.3. The summed E-state index contributed by atoms with van der Waals surface area (Å²) in [5.74, 6) is 0.217. The maximum absolute atomic E-state index is 13.1. The molecule has 0 unspecified atom stereocenters. The molecule has 0 amide bonds. The number of rotatable bonds is 7. The zero-order valence-electron chi connectivity index (χ0n) is 16.1. The van der Waals surface area contributed by atoms with Crippen molar-refractivity contribution >= 4 is 49.8 Å². The number of hydrogen-bond donors (Lipinski definition) is 0. The van der Waals surface area contributed by atoms with E-state index in [1.807, 2.05) is 42.5 Å². The van der Waals surface area contributed by atoms with Gasteiger partial charge in [0.05, 0.1) is 0 Å². The van der Waals surface area contributed by atoms with Crippen LogP contribution in [0.3, 0.4) is 0 Å². The summed E-state index contributed by atoms with van der Waals surface area (Å²) in [5, 5.41) is 0. The number of halogens is 2. The largest absolute Gasteiger partial charge is 0.289 e. The van der Waals surface area contributed by atoms with Crippen LogP contribution >= 0.6 is 31.9 Å². The van der Waals surface area contributed by atoms with Gasteiger partial charge in [-0.15, -0.1) is 0 Å². The van der Waals surface area contributed by atoms with Crippen molar-refractivity contribution in [3.8, 4) is 0 Å². The molecule has 0 atom stereocenters. The van der Waals surface area contributed by atoms with Crippen LogP contribution in [0.5, 0.6) is 0 Å². The number of carbonyl (C=O) groups excluding carboxylic acids is 1. The third kappa shape index (κ3) is 5.65. The topological polar surface area (TPSA) is 17.1 Å². The van der Waals surface area contributed by atoms with Crippen LogP contribution in [-0.2, 0) is 4.79 Å². The molecule has 1 aliphatic carbocycles. The third-order valence-corrected chi connectivity index (χ3v) is 5.98. The van der Waals surface area contributed by atoms with Crippen LogP contribution in [0.1, 0.15) is 50.2 Å². The highest BCUT2D eigenvalue weighted by molar-refractivity contribution is 9.10. The van der Waals surface area contributed by atoms with E-state index in [2.05, 4.69) is 63.1 Å². The Kier molecular flexibility index (Phi) is 7.64. The summed E-state index contributed by atoms with van der Waals surface area (Å²) in [6.45, 7) is 2.19. The molecule has 0 N–H and O–H groups in total. The van der Waals surface area contributed by atoms with Gasteiger partial charge in [-0.25, -0.2) is 0 Å². The average Bonchev–Trinajstić information content (AvgIpc) is 2.98. The number of Topliss-reactive ketones (excluding diaryl/α,β-unsaturated/α-hetero) is 1. The first kappa shape index (κ1) is 21.0. The molecule has 0 spiro atoms. The molecule has 2 aromatic carbocycles. The van der Waals surface area contributed by atoms with E-state index in [4.69, 9.17) is 0 Å². The van der Waals surface area contributed by atoms with Crippen molar-refractivity contribution in [3.05, 3.63) is 91.4 Å². The second-order valence-electron chi connectivity index (χ2n) is 7.07. The number of benzene rings is 2. The van der Waals surface area contributed by atoms with Crippen molar-refractivity contribution in [2.24, 2.45) is 0 Å². The number of allylic oxidation sites excluding steroid dienone is 4. The quantitative estimate of drug-likeness (QED) is 0.277.